The molecule has 6 heteroatoms. The van der Waals surface area contributed by atoms with Gasteiger partial charge in [0.2, 0.25) is 0 Å². The molecule has 0 heterocycles. The van der Waals surface area contributed by atoms with Gasteiger partial charge in [0.25, 0.3) is 0 Å². The molecule has 94 valence electrons. The van der Waals surface area contributed by atoms with Crippen LogP contribution in [0.3, 0.4) is 0 Å². The lowest BCUT2D eigenvalue weighted by atomic mass is 10.1. The Balaban J connectivity index is 2.65. The van der Waals surface area contributed by atoms with Crippen molar-refractivity contribution in [2.75, 3.05) is 12.0 Å². The first-order valence-corrected chi connectivity index (χ1v) is 7.01. The SMILES string of the molecule is CS(=O)(=O)CCCC(=O)c1ccc(F)cc1F. The molecule has 1 rings (SSSR count). The van der Waals surface area contributed by atoms with E-state index in [4.69, 9.17) is 0 Å². The highest BCUT2D eigenvalue weighted by molar-refractivity contribution is 7.90. The fourth-order valence-corrected chi connectivity index (χ4v) is 2.01. The molecule has 0 aliphatic rings. The van der Waals surface area contributed by atoms with Crippen LogP contribution in [0.15, 0.2) is 18.2 Å². The summed E-state index contributed by atoms with van der Waals surface area (Å²) in [6, 6.07) is 2.68. The van der Waals surface area contributed by atoms with Gasteiger partial charge in [-0.05, 0) is 18.6 Å². The maximum Gasteiger partial charge on any atom is 0.165 e. The maximum atomic E-state index is 13.2. The average Bonchev–Trinajstić information content (AvgIpc) is 2.15. The third kappa shape index (κ3) is 4.60. The van der Waals surface area contributed by atoms with Crippen molar-refractivity contribution in [2.24, 2.45) is 0 Å². The molecule has 0 N–H and O–H groups in total. The van der Waals surface area contributed by atoms with Crippen molar-refractivity contribution in [3.05, 3.63) is 35.4 Å². The molecular weight excluding hydrogens is 250 g/mol. The number of hydrogen-bond acceptors (Lipinski definition) is 3. The summed E-state index contributed by atoms with van der Waals surface area (Å²) in [5.41, 5.74) is -0.208. The van der Waals surface area contributed by atoms with E-state index in [9.17, 15) is 22.0 Å². The summed E-state index contributed by atoms with van der Waals surface area (Å²) in [5, 5.41) is 0. The Labute approximate surface area is 98.4 Å². The van der Waals surface area contributed by atoms with Gasteiger partial charge in [-0.15, -0.1) is 0 Å². The van der Waals surface area contributed by atoms with E-state index in [-0.39, 0.29) is 24.2 Å². The average molecular weight is 262 g/mol. The van der Waals surface area contributed by atoms with Gasteiger partial charge in [-0.2, -0.15) is 0 Å². The van der Waals surface area contributed by atoms with Crippen molar-refractivity contribution in [1.82, 2.24) is 0 Å². The molecule has 0 aliphatic heterocycles. The summed E-state index contributed by atoms with van der Waals surface area (Å²) < 4.78 is 47.4. The van der Waals surface area contributed by atoms with Crippen LogP contribution in [0.1, 0.15) is 23.2 Å². The molecule has 0 saturated carbocycles. The van der Waals surface area contributed by atoms with E-state index in [2.05, 4.69) is 0 Å². The molecule has 0 atom stereocenters. The molecule has 0 aromatic heterocycles. The van der Waals surface area contributed by atoms with Crippen LogP contribution in [0.25, 0.3) is 0 Å². The van der Waals surface area contributed by atoms with E-state index >= 15 is 0 Å². The van der Waals surface area contributed by atoms with Crippen LogP contribution in [-0.4, -0.2) is 26.2 Å². The summed E-state index contributed by atoms with van der Waals surface area (Å²) in [5.74, 6) is -2.32. The fraction of sp³-hybridized carbons (Fsp3) is 0.364. The minimum atomic E-state index is -3.12. The van der Waals surface area contributed by atoms with E-state index in [0.29, 0.717) is 6.07 Å². The minimum Gasteiger partial charge on any atom is -0.294 e. The predicted molar refractivity (Wildman–Crippen MR) is 59.6 cm³/mol. The Kier molecular flexibility index (Phi) is 4.34. The van der Waals surface area contributed by atoms with E-state index in [1.165, 1.54) is 0 Å². The van der Waals surface area contributed by atoms with E-state index in [1.54, 1.807) is 0 Å². The zero-order valence-electron chi connectivity index (χ0n) is 9.24. The number of rotatable bonds is 5. The Morgan fingerprint density at radius 1 is 1.29 bits per heavy atom. The normalized spacial score (nSPS) is 11.5. The highest BCUT2D eigenvalue weighted by Crippen LogP contribution is 2.12. The van der Waals surface area contributed by atoms with E-state index < -0.39 is 27.3 Å². The monoisotopic (exact) mass is 262 g/mol. The summed E-state index contributed by atoms with van der Waals surface area (Å²) in [7, 11) is -3.12. The van der Waals surface area contributed by atoms with Gasteiger partial charge < -0.3 is 0 Å². The van der Waals surface area contributed by atoms with Crippen LogP contribution < -0.4 is 0 Å². The Hall–Kier alpha value is -1.30. The van der Waals surface area contributed by atoms with Crippen LogP contribution in [-0.2, 0) is 9.84 Å². The Bertz CT molecular complexity index is 524. The largest absolute Gasteiger partial charge is 0.294 e. The highest BCUT2D eigenvalue weighted by Gasteiger charge is 2.13. The zero-order chi connectivity index (χ0) is 13.1. The summed E-state index contributed by atoms with van der Waals surface area (Å²) in [6.07, 6.45) is 1.13. The van der Waals surface area contributed by atoms with Crippen molar-refractivity contribution in [3.63, 3.8) is 0 Å². The molecule has 0 spiro atoms. The lowest BCUT2D eigenvalue weighted by molar-refractivity contribution is 0.0978. The van der Waals surface area contributed by atoms with Crippen molar-refractivity contribution >= 4 is 15.6 Å². The molecule has 1 aromatic carbocycles. The molecule has 3 nitrogen and oxygen atoms in total. The number of carbonyl (C=O) groups excluding carboxylic acids is 1. The van der Waals surface area contributed by atoms with Gasteiger partial charge in [-0.3, -0.25) is 4.79 Å². The first-order chi connectivity index (χ1) is 7.79. The quantitative estimate of drug-likeness (QED) is 0.762. The van der Waals surface area contributed by atoms with Crippen LogP contribution in [0.2, 0.25) is 0 Å². The molecule has 0 amide bonds. The number of carbonyl (C=O) groups is 1. The van der Waals surface area contributed by atoms with Crippen LogP contribution in [0.4, 0.5) is 8.78 Å². The number of hydrogen-bond donors (Lipinski definition) is 0. The third-order valence-corrected chi connectivity index (χ3v) is 3.18. The standard InChI is InChI=1S/C11H12F2O3S/c1-17(15,16)6-2-3-11(14)9-5-4-8(12)7-10(9)13/h4-5,7H,2-3,6H2,1H3. The smallest absolute Gasteiger partial charge is 0.165 e. The molecule has 0 radical (unpaired) electrons. The van der Waals surface area contributed by atoms with Crippen LogP contribution >= 0.6 is 0 Å². The lowest BCUT2D eigenvalue weighted by Gasteiger charge is -2.02. The summed E-state index contributed by atoms with van der Waals surface area (Å²) >= 11 is 0. The number of halogens is 2. The van der Waals surface area contributed by atoms with E-state index in [1.807, 2.05) is 0 Å². The molecule has 1 aromatic rings. The van der Waals surface area contributed by atoms with Crippen LogP contribution in [0.5, 0.6) is 0 Å². The Morgan fingerprint density at radius 2 is 1.94 bits per heavy atom. The minimum absolute atomic E-state index is 0.0738. The molecule has 0 saturated heterocycles. The molecular formula is C11H12F2O3S. The topological polar surface area (TPSA) is 51.2 Å². The van der Waals surface area contributed by atoms with E-state index in [0.717, 1.165) is 18.4 Å². The highest BCUT2D eigenvalue weighted by atomic mass is 32.2. The molecule has 17 heavy (non-hydrogen) atoms. The lowest BCUT2D eigenvalue weighted by Crippen LogP contribution is -2.08. The van der Waals surface area contributed by atoms with Crippen molar-refractivity contribution in [2.45, 2.75) is 12.8 Å². The van der Waals surface area contributed by atoms with Crippen molar-refractivity contribution in [1.29, 1.82) is 0 Å². The van der Waals surface area contributed by atoms with Crippen molar-refractivity contribution in [3.8, 4) is 0 Å². The number of Topliss-reactive ketones (excluding diaryl/α,β-unsaturated/α-hetero) is 1. The number of ketones is 1. The second kappa shape index (κ2) is 5.35. The second-order valence-corrected chi connectivity index (χ2v) is 6.04. The van der Waals surface area contributed by atoms with Gasteiger partial charge >= 0.3 is 0 Å². The van der Waals surface area contributed by atoms with Crippen molar-refractivity contribution < 1.29 is 22.0 Å². The third-order valence-electron chi connectivity index (χ3n) is 2.15. The maximum absolute atomic E-state index is 13.2. The fourth-order valence-electron chi connectivity index (χ4n) is 1.35. The van der Waals surface area contributed by atoms with Gasteiger partial charge in [0.1, 0.15) is 21.5 Å². The number of sulfone groups is 1. The second-order valence-electron chi connectivity index (χ2n) is 3.78. The van der Waals surface area contributed by atoms with Crippen LogP contribution in [0, 0.1) is 11.6 Å². The summed E-state index contributed by atoms with van der Waals surface area (Å²) in [4.78, 5) is 11.5. The van der Waals surface area contributed by atoms with Gasteiger partial charge in [-0.25, -0.2) is 17.2 Å². The van der Waals surface area contributed by atoms with Gasteiger partial charge in [0, 0.05) is 18.7 Å². The molecule has 0 bridgehead atoms. The number of benzene rings is 1. The first kappa shape index (κ1) is 13.8. The molecule has 0 unspecified atom stereocenters. The summed E-state index contributed by atoms with van der Waals surface area (Å²) in [6.45, 7) is 0. The predicted octanol–water partition coefficient (Wildman–Crippen LogP) is 1.97. The molecule has 0 aliphatic carbocycles. The zero-order valence-corrected chi connectivity index (χ0v) is 10.1. The first-order valence-electron chi connectivity index (χ1n) is 4.95. The Morgan fingerprint density at radius 3 is 2.47 bits per heavy atom. The van der Waals surface area contributed by atoms with Gasteiger partial charge in [0.15, 0.2) is 5.78 Å². The molecule has 0 fully saturated rings. The van der Waals surface area contributed by atoms with Gasteiger partial charge in [-0.1, -0.05) is 0 Å². The van der Waals surface area contributed by atoms with Gasteiger partial charge in [0.05, 0.1) is 11.3 Å².